The van der Waals surface area contributed by atoms with Crippen LogP contribution < -0.4 is 5.32 Å². The molecule has 1 aromatic rings. The molecule has 4 nitrogen and oxygen atoms in total. The Hall–Kier alpha value is -1.30. The topological polar surface area (TPSA) is 58.6 Å². The summed E-state index contributed by atoms with van der Waals surface area (Å²) in [7, 11) is 0. The van der Waals surface area contributed by atoms with Gasteiger partial charge in [-0.05, 0) is 24.3 Å². The normalized spacial score (nSPS) is 10.5. The fourth-order valence-corrected chi connectivity index (χ4v) is 1.25. The lowest BCUT2D eigenvalue weighted by Gasteiger charge is -2.04. The molecule has 0 aliphatic carbocycles. The van der Waals surface area contributed by atoms with Gasteiger partial charge < -0.3 is 15.2 Å². The van der Waals surface area contributed by atoms with E-state index in [1.54, 1.807) is 0 Å². The fraction of sp³-hybridized carbons (Fsp3) is 0.417. The minimum Gasteiger partial charge on any atom is -0.394 e. The van der Waals surface area contributed by atoms with E-state index in [2.05, 4.69) is 5.32 Å². The quantitative estimate of drug-likeness (QED) is 0.517. The van der Waals surface area contributed by atoms with Crippen molar-refractivity contribution in [2.24, 2.45) is 0 Å². The first-order chi connectivity index (χ1) is 8.24. The van der Waals surface area contributed by atoms with E-state index in [0.717, 1.165) is 0 Å². The number of hydrogen-bond acceptors (Lipinski definition) is 4. The maximum atomic E-state index is 12.6. The van der Waals surface area contributed by atoms with Crippen molar-refractivity contribution in [3.8, 4) is 0 Å². The van der Waals surface area contributed by atoms with Crippen LogP contribution in [0.3, 0.4) is 0 Å². The van der Waals surface area contributed by atoms with Crippen molar-refractivity contribution in [2.75, 3.05) is 32.9 Å². The van der Waals surface area contributed by atoms with E-state index in [1.165, 1.54) is 24.3 Å². The minimum absolute atomic E-state index is 0.00545. The van der Waals surface area contributed by atoms with Gasteiger partial charge >= 0.3 is 0 Å². The average molecular weight is 241 g/mol. The number of carbonyl (C=O) groups is 1. The molecule has 2 N–H and O–H groups in total. The number of Topliss-reactive ketones (excluding diaryl/α,β-unsaturated/α-hetero) is 1. The molecule has 0 spiro atoms. The van der Waals surface area contributed by atoms with Gasteiger partial charge in [0, 0.05) is 12.1 Å². The molecule has 0 atom stereocenters. The lowest BCUT2D eigenvalue weighted by atomic mass is 10.1. The smallest absolute Gasteiger partial charge is 0.176 e. The third-order valence-corrected chi connectivity index (χ3v) is 2.11. The Morgan fingerprint density at radius 2 is 2.00 bits per heavy atom. The van der Waals surface area contributed by atoms with Gasteiger partial charge in [0.05, 0.1) is 26.4 Å². The molecule has 0 saturated carbocycles. The second-order valence-corrected chi connectivity index (χ2v) is 3.44. The summed E-state index contributed by atoms with van der Waals surface area (Å²) in [5, 5.41) is 11.4. The number of hydrogen-bond donors (Lipinski definition) is 2. The number of halogens is 1. The molecule has 0 bridgehead atoms. The van der Waals surface area contributed by atoms with Gasteiger partial charge in [-0.2, -0.15) is 0 Å². The number of aliphatic hydroxyl groups is 1. The molecule has 0 saturated heterocycles. The largest absolute Gasteiger partial charge is 0.394 e. The lowest BCUT2D eigenvalue weighted by Crippen LogP contribution is -2.26. The first-order valence-corrected chi connectivity index (χ1v) is 5.42. The highest BCUT2D eigenvalue weighted by atomic mass is 19.1. The number of ketones is 1. The Balaban J connectivity index is 2.19. The molecule has 0 fully saturated rings. The zero-order chi connectivity index (χ0) is 12.5. The van der Waals surface area contributed by atoms with Gasteiger partial charge in [-0.25, -0.2) is 4.39 Å². The van der Waals surface area contributed by atoms with Gasteiger partial charge in [0.2, 0.25) is 0 Å². The van der Waals surface area contributed by atoms with Crippen LogP contribution in [0.1, 0.15) is 10.4 Å². The van der Waals surface area contributed by atoms with Crippen LogP contribution in [-0.4, -0.2) is 43.8 Å². The molecule has 17 heavy (non-hydrogen) atoms. The van der Waals surface area contributed by atoms with Gasteiger partial charge in [-0.1, -0.05) is 0 Å². The molecule has 0 heterocycles. The standard InChI is InChI=1S/C12H16FNO3/c13-11-3-1-10(2-4-11)12(16)9-14-5-7-17-8-6-15/h1-4,14-15H,5-9H2. The van der Waals surface area contributed by atoms with Crippen molar-refractivity contribution in [2.45, 2.75) is 0 Å². The van der Waals surface area contributed by atoms with Crippen LogP contribution in [0.2, 0.25) is 0 Å². The van der Waals surface area contributed by atoms with Crippen molar-refractivity contribution < 1.29 is 19.0 Å². The molecule has 0 radical (unpaired) electrons. The summed E-state index contributed by atoms with van der Waals surface area (Å²) in [5.74, 6) is -0.445. The Bertz CT molecular complexity index is 340. The van der Waals surface area contributed by atoms with E-state index in [0.29, 0.717) is 25.3 Å². The van der Waals surface area contributed by atoms with E-state index in [-0.39, 0.29) is 24.8 Å². The van der Waals surface area contributed by atoms with E-state index < -0.39 is 0 Å². The Labute approximate surface area is 99.4 Å². The van der Waals surface area contributed by atoms with Crippen LogP contribution in [0.5, 0.6) is 0 Å². The maximum Gasteiger partial charge on any atom is 0.176 e. The maximum absolute atomic E-state index is 12.6. The van der Waals surface area contributed by atoms with Crippen LogP contribution in [0.4, 0.5) is 4.39 Å². The van der Waals surface area contributed by atoms with E-state index in [9.17, 15) is 9.18 Å². The van der Waals surface area contributed by atoms with Crippen molar-refractivity contribution >= 4 is 5.78 Å². The zero-order valence-electron chi connectivity index (χ0n) is 9.49. The zero-order valence-corrected chi connectivity index (χ0v) is 9.49. The van der Waals surface area contributed by atoms with Crippen LogP contribution in [0.15, 0.2) is 24.3 Å². The monoisotopic (exact) mass is 241 g/mol. The predicted octanol–water partition coefficient (Wildman–Crippen LogP) is 0.607. The second kappa shape index (κ2) is 7.89. The van der Waals surface area contributed by atoms with E-state index >= 15 is 0 Å². The fourth-order valence-electron chi connectivity index (χ4n) is 1.25. The molecule has 0 aromatic heterocycles. The summed E-state index contributed by atoms with van der Waals surface area (Å²) < 4.78 is 17.6. The predicted molar refractivity (Wildman–Crippen MR) is 61.5 cm³/mol. The van der Waals surface area contributed by atoms with E-state index in [1.807, 2.05) is 0 Å². The van der Waals surface area contributed by atoms with Gasteiger partial charge in [0.15, 0.2) is 5.78 Å². The third-order valence-electron chi connectivity index (χ3n) is 2.11. The number of benzene rings is 1. The molecule has 5 heteroatoms. The molecule has 0 amide bonds. The van der Waals surface area contributed by atoms with Crippen molar-refractivity contribution in [3.05, 3.63) is 35.6 Å². The number of rotatable bonds is 8. The van der Waals surface area contributed by atoms with Crippen LogP contribution in [0, 0.1) is 5.82 Å². The average Bonchev–Trinajstić information content (AvgIpc) is 2.34. The van der Waals surface area contributed by atoms with Crippen molar-refractivity contribution in [3.63, 3.8) is 0 Å². The Morgan fingerprint density at radius 3 is 2.65 bits per heavy atom. The van der Waals surface area contributed by atoms with Crippen molar-refractivity contribution in [1.82, 2.24) is 5.32 Å². The molecular formula is C12H16FNO3. The second-order valence-electron chi connectivity index (χ2n) is 3.44. The van der Waals surface area contributed by atoms with Crippen LogP contribution >= 0.6 is 0 Å². The molecule has 0 unspecified atom stereocenters. The van der Waals surface area contributed by atoms with Gasteiger partial charge in [0.1, 0.15) is 5.82 Å². The van der Waals surface area contributed by atoms with Crippen molar-refractivity contribution in [1.29, 1.82) is 0 Å². The van der Waals surface area contributed by atoms with Crippen LogP contribution in [-0.2, 0) is 4.74 Å². The van der Waals surface area contributed by atoms with E-state index in [4.69, 9.17) is 9.84 Å². The highest BCUT2D eigenvalue weighted by Crippen LogP contribution is 2.02. The molecular weight excluding hydrogens is 225 g/mol. The molecule has 1 rings (SSSR count). The molecule has 0 aliphatic heterocycles. The summed E-state index contributed by atoms with van der Waals surface area (Å²) >= 11 is 0. The number of nitrogens with one attached hydrogen (secondary N) is 1. The third kappa shape index (κ3) is 5.53. The molecule has 0 aliphatic rings. The number of ether oxygens (including phenoxy) is 1. The van der Waals surface area contributed by atoms with Crippen LogP contribution in [0.25, 0.3) is 0 Å². The Kier molecular flexibility index (Phi) is 6.39. The van der Waals surface area contributed by atoms with Gasteiger partial charge in [-0.3, -0.25) is 4.79 Å². The lowest BCUT2D eigenvalue weighted by molar-refractivity contribution is 0.0906. The first-order valence-electron chi connectivity index (χ1n) is 5.42. The SMILES string of the molecule is O=C(CNCCOCCO)c1ccc(F)cc1. The number of aliphatic hydroxyl groups excluding tert-OH is 1. The first kappa shape index (κ1) is 13.8. The van der Waals surface area contributed by atoms with Gasteiger partial charge in [-0.15, -0.1) is 0 Å². The Morgan fingerprint density at radius 1 is 1.29 bits per heavy atom. The summed E-state index contributed by atoms with van der Waals surface area (Å²) in [6.07, 6.45) is 0. The summed E-state index contributed by atoms with van der Waals surface area (Å²) in [6.45, 7) is 1.46. The summed E-state index contributed by atoms with van der Waals surface area (Å²) in [4.78, 5) is 11.6. The highest BCUT2D eigenvalue weighted by molar-refractivity contribution is 5.97. The molecule has 1 aromatic carbocycles. The number of carbonyl (C=O) groups excluding carboxylic acids is 1. The highest BCUT2D eigenvalue weighted by Gasteiger charge is 2.04. The molecule has 94 valence electrons. The summed E-state index contributed by atoms with van der Waals surface area (Å²) in [5.41, 5.74) is 0.482. The minimum atomic E-state index is -0.355. The summed E-state index contributed by atoms with van der Waals surface area (Å²) in [6, 6.07) is 5.44. The van der Waals surface area contributed by atoms with Gasteiger partial charge in [0.25, 0.3) is 0 Å².